The first-order chi connectivity index (χ1) is 12.2. The Balaban J connectivity index is 3.32. The summed E-state index contributed by atoms with van der Waals surface area (Å²) < 4.78 is 0. The van der Waals surface area contributed by atoms with Crippen LogP contribution < -0.4 is 11.5 Å². The van der Waals surface area contributed by atoms with Crippen molar-refractivity contribution in [1.29, 1.82) is 0 Å². The van der Waals surface area contributed by atoms with Gasteiger partial charge in [-0.25, -0.2) is 0 Å². The average Bonchev–Trinajstić information content (AvgIpc) is 2.50. The van der Waals surface area contributed by atoms with Crippen LogP contribution in [-0.4, -0.2) is 16.6 Å². The van der Waals surface area contributed by atoms with E-state index in [1.165, 1.54) is 0 Å². The van der Waals surface area contributed by atoms with Crippen molar-refractivity contribution in [2.24, 2.45) is 16.9 Å². The third kappa shape index (κ3) is 6.93. The van der Waals surface area contributed by atoms with Gasteiger partial charge in [0.15, 0.2) is 5.78 Å². The van der Waals surface area contributed by atoms with E-state index in [0.717, 1.165) is 30.4 Å². The predicted molar refractivity (Wildman–Crippen MR) is 114 cm³/mol. The molecular formula is C23H40N2O2. The molecule has 0 amide bonds. The molecule has 4 heteroatoms. The Hall–Kier alpha value is -1.39. The van der Waals surface area contributed by atoms with Gasteiger partial charge < -0.3 is 16.6 Å². The minimum Gasteiger partial charge on any atom is -0.508 e. The lowest BCUT2D eigenvalue weighted by Crippen LogP contribution is -2.58. The second-order valence-electron chi connectivity index (χ2n) is 10.2. The Morgan fingerprint density at radius 1 is 1.07 bits per heavy atom. The number of phenolic OH excluding ortho intramolecular Hbond substituents is 1. The maximum absolute atomic E-state index is 13.4. The summed E-state index contributed by atoms with van der Waals surface area (Å²) in [7, 11) is 0. The molecule has 0 aliphatic heterocycles. The van der Waals surface area contributed by atoms with Gasteiger partial charge in [0.2, 0.25) is 0 Å². The van der Waals surface area contributed by atoms with Crippen molar-refractivity contribution in [2.75, 3.05) is 0 Å². The van der Waals surface area contributed by atoms with Crippen LogP contribution in [0.3, 0.4) is 0 Å². The second kappa shape index (κ2) is 8.74. The predicted octanol–water partition coefficient (Wildman–Crippen LogP) is 4.97. The van der Waals surface area contributed by atoms with Crippen molar-refractivity contribution in [3.05, 3.63) is 29.3 Å². The molecule has 0 fully saturated rings. The SMILES string of the molecule is CCCCCC(N)(N)C(=O)C(CC(C)(C)C)c1ccc(O)c(C(C)(C)C)c1. The Labute approximate surface area is 165 Å². The molecule has 0 bridgehead atoms. The topological polar surface area (TPSA) is 89.3 Å². The average molecular weight is 377 g/mol. The summed E-state index contributed by atoms with van der Waals surface area (Å²) in [6.07, 6.45) is 4.07. The number of aromatic hydroxyl groups is 1. The van der Waals surface area contributed by atoms with Gasteiger partial charge in [-0.05, 0) is 47.3 Å². The number of benzene rings is 1. The van der Waals surface area contributed by atoms with E-state index in [0.29, 0.717) is 12.8 Å². The van der Waals surface area contributed by atoms with E-state index < -0.39 is 5.66 Å². The number of hydrogen-bond donors (Lipinski definition) is 3. The molecule has 0 heterocycles. The van der Waals surface area contributed by atoms with E-state index in [9.17, 15) is 9.90 Å². The molecule has 154 valence electrons. The zero-order chi connectivity index (χ0) is 21.0. The number of nitrogens with two attached hydrogens (primary N) is 2. The molecule has 0 radical (unpaired) electrons. The van der Waals surface area contributed by atoms with Gasteiger partial charge in [0.05, 0.1) is 0 Å². The number of hydrogen-bond acceptors (Lipinski definition) is 4. The molecular weight excluding hydrogens is 336 g/mol. The summed E-state index contributed by atoms with van der Waals surface area (Å²) >= 11 is 0. The van der Waals surface area contributed by atoms with Gasteiger partial charge >= 0.3 is 0 Å². The van der Waals surface area contributed by atoms with Gasteiger partial charge in [0, 0.05) is 5.92 Å². The fraction of sp³-hybridized carbons (Fsp3) is 0.696. The Kier molecular flexibility index (Phi) is 7.66. The molecule has 0 aliphatic rings. The number of Topliss-reactive ketones (excluding diaryl/α,β-unsaturated/α-hetero) is 1. The van der Waals surface area contributed by atoms with Crippen LogP contribution in [0.15, 0.2) is 18.2 Å². The molecule has 1 rings (SSSR count). The van der Waals surface area contributed by atoms with E-state index in [4.69, 9.17) is 11.5 Å². The van der Waals surface area contributed by atoms with Gasteiger partial charge in [-0.3, -0.25) is 4.79 Å². The molecule has 0 saturated heterocycles. The van der Waals surface area contributed by atoms with Crippen molar-refractivity contribution < 1.29 is 9.90 Å². The van der Waals surface area contributed by atoms with Gasteiger partial charge in [-0.2, -0.15) is 0 Å². The Bertz CT molecular complexity index is 637. The molecule has 0 saturated carbocycles. The molecule has 0 spiro atoms. The van der Waals surface area contributed by atoms with Crippen LogP contribution in [0.1, 0.15) is 97.6 Å². The summed E-state index contributed by atoms with van der Waals surface area (Å²) in [6, 6.07) is 5.47. The maximum Gasteiger partial charge on any atom is 0.174 e. The van der Waals surface area contributed by atoms with Gasteiger partial charge in [-0.1, -0.05) is 73.4 Å². The van der Waals surface area contributed by atoms with E-state index in [1.807, 2.05) is 32.9 Å². The lowest BCUT2D eigenvalue weighted by Gasteiger charge is -2.33. The van der Waals surface area contributed by atoms with Crippen LogP contribution in [0.25, 0.3) is 0 Å². The van der Waals surface area contributed by atoms with E-state index in [2.05, 4.69) is 27.7 Å². The molecule has 0 aromatic heterocycles. The third-order valence-corrected chi connectivity index (χ3v) is 5.02. The van der Waals surface area contributed by atoms with Crippen molar-refractivity contribution in [3.63, 3.8) is 0 Å². The van der Waals surface area contributed by atoms with E-state index >= 15 is 0 Å². The number of rotatable bonds is 8. The maximum atomic E-state index is 13.4. The number of carbonyl (C=O) groups is 1. The standard InChI is InChI=1S/C23H40N2O2/c1-8-9-10-13-23(24,25)20(27)17(15-21(2,3)4)16-11-12-19(26)18(14-16)22(5,6)7/h11-12,14,17,26H,8-10,13,15,24-25H2,1-7H3. The highest BCUT2D eigenvalue weighted by molar-refractivity contribution is 5.93. The van der Waals surface area contributed by atoms with Crippen LogP contribution in [0.5, 0.6) is 5.75 Å². The molecule has 0 aliphatic carbocycles. The first kappa shape index (κ1) is 23.6. The van der Waals surface area contributed by atoms with Crippen molar-refractivity contribution in [2.45, 2.75) is 97.6 Å². The molecule has 5 N–H and O–H groups in total. The number of ketones is 1. The number of carbonyl (C=O) groups excluding carboxylic acids is 1. The summed E-state index contributed by atoms with van der Waals surface area (Å²) in [4.78, 5) is 13.4. The fourth-order valence-electron chi connectivity index (χ4n) is 3.46. The van der Waals surface area contributed by atoms with Crippen LogP contribution in [-0.2, 0) is 10.2 Å². The van der Waals surface area contributed by atoms with E-state index in [1.54, 1.807) is 6.07 Å². The van der Waals surface area contributed by atoms with E-state index in [-0.39, 0.29) is 28.3 Å². The highest BCUT2D eigenvalue weighted by Crippen LogP contribution is 2.38. The summed E-state index contributed by atoms with van der Waals surface area (Å²) in [5, 5.41) is 10.3. The minimum absolute atomic E-state index is 0.0559. The van der Waals surface area contributed by atoms with Crippen LogP contribution >= 0.6 is 0 Å². The van der Waals surface area contributed by atoms with Crippen LogP contribution in [0, 0.1) is 5.41 Å². The zero-order valence-electron chi connectivity index (χ0n) is 18.4. The molecule has 1 aromatic carbocycles. The number of phenols is 1. The van der Waals surface area contributed by atoms with Gasteiger partial charge in [0.25, 0.3) is 0 Å². The van der Waals surface area contributed by atoms with Crippen molar-refractivity contribution in [3.8, 4) is 5.75 Å². The van der Waals surface area contributed by atoms with Crippen molar-refractivity contribution in [1.82, 2.24) is 0 Å². The van der Waals surface area contributed by atoms with Gasteiger partial charge in [0.1, 0.15) is 11.4 Å². The summed E-state index contributed by atoms with van der Waals surface area (Å²) in [6.45, 7) is 14.6. The Morgan fingerprint density at radius 2 is 1.67 bits per heavy atom. The van der Waals surface area contributed by atoms with Crippen LogP contribution in [0.4, 0.5) is 0 Å². The lowest BCUT2D eigenvalue weighted by atomic mass is 9.74. The molecule has 27 heavy (non-hydrogen) atoms. The Morgan fingerprint density at radius 3 is 2.15 bits per heavy atom. The largest absolute Gasteiger partial charge is 0.508 e. The lowest BCUT2D eigenvalue weighted by molar-refractivity contribution is -0.126. The smallest absolute Gasteiger partial charge is 0.174 e. The quantitative estimate of drug-likeness (QED) is 0.441. The summed E-state index contributed by atoms with van der Waals surface area (Å²) in [5.74, 6) is -0.245. The normalized spacial score (nSPS) is 14.3. The first-order valence-electron chi connectivity index (χ1n) is 10.1. The second-order valence-corrected chi connectivity index (χ2v) is 10.2. The zero-order valence-corrected chi connectivity index (χ0v) is 18.4. The van der Waals surface area contributed by atoms with Crippen LogP contribution in [0.2, 0.25) is 0 Å². The number of unbranched alkanes of at least 4 members (excludes halogenated alkanes) is 2. The highest BCUT2D eigenvalue weighted by Gasteiger charge is 2.37. The minimum atomic E-state index is -1.33. The highest BCUT2D eigenvalue weighted by atomic mass is 16.3. The molecule has 1 atom stereocenters. The fourth-order valence-corrected chi connectivity index (χ4v) is 3.46. The monoisotopic (exact) mass is 376 g/mol. The van der Waals surface area contributed by atoms with Crippen molar-refractivity contribution >= 4 is 5.78 Å². The molecule has 4 nitrogen and oxygen atoms in total. The first-order valence-corrected chi connectivity index (χ1v) is 10.1. The molecule has 1 aromatic rings. The summed E-state index contributed by atoms with van der Waals surface area (Å²) in [5.41, 5.74) is 12.7. The molecule has 1 unspecified atom stereocenters. The third-order valence-electron chi connectivity index (χ3n) is 5.02. The van der Waals surface area contributed by atoms with Gasteiger partial charge in [-0.15, -0.1) is 0 Å².